The van der Waals surface area contributed by atoms with E-state index in [0.717, 1.165) is 38.3 Å². The average molecular weight is 220 g/mol. The number of nitrogens with zero attached hydrogens (tertiary/aromatic N) is 3. The first-order chi connectivity index (χ1) is 7.72. The van der Waals surface area contributed by atoms with Crippen molar-refractivity contribution in [2.75, 3.05) is 25.5 Å². The van der Waals surface area contributed by atoms with E-state index in [0.29, 0.717) is 0 Å². The maximum absolute atomic E-state index is 4.65. The Balaban J connectivity index is 2.43. The molecule has 0 bridgehead atoms. The van der Waals surface area contributed by atoms with Crippen LogP contribution in [0.1, 0.15) is 30.3 Å². The van der Waals surface area contributed by atoms with Crippen molar-refractivity contribution in [1.29, 1.82) is 0 Å². The predicted molar refractivity (Wildman–Crippen MR) is 65.8 cm³/mol. The van der Waals surface area contributed by atoms with Gasteiger partial charge in [0.2, 0.25) is 5.95 Å². The Kier molecular flexibility index (Phi) is 3.39. The summed E-state index contributed by atoms with van der Waals surface area (Å²) in [6.07, 6.45) is 3.21. The molecule has 4 nitrogen and oxygen atoms in total. The molecular weight excluding hydrogens is 200 g/mol. The Labute approximate surface area is 97.1 Å². The zero-order chi connectivity index (χ0) is 11.5. The summed E-state index contributed by atoms with van der Waals surface area (Å²) < 4.78 is 0. The number of hydrogen-bond donors (Lipinski definition) is 1. The number of fused-ring (bicyclic) bond motifs is 1. The Morgan fingerprint density at radius 3 is 2.81 bits per heavy atom. The molecule has 1 aliphatic rings. The van der Waals surface area contributed by atoms with Gasteiger partial charge in [-0.25, -0.2) is 9.97 Å². The van der Waals surface area contributed by atoms with Crippen molar-refractivity contribution in [3.8, 4) is 0 Å². The fraction of sp³-hybridized carbons (Fsp3) is 0.667. The van der Waals surface area contributed by atoms with Gasteiger partial charge in [0.25, 0.3) is 0 Å². The summed E-state index contributed by atoms with van der Waals surface area (Å²) in [4.78, 5) is 11.3. The monoisotopic (exact) mass is 220 g/mol. The van der Waals surface area contributed by atoms with Gasteiger partial charge >= 0.3 is 0 Å². The molecule has 0 unspecified atom stereocenters. The minimum Gasteiger partial charge on any atom is -0.347 e. The largest absolute Gasteiger partial charge is 0.347 e. The number of nitrogens with one attached hydrogen (secondary N) is 1. The van der Waals surface area contributed by atoms with Gasteiger partial charge in [-0.15, -0.1) is 0 Å². The van der Waals surface area contributed by atoms with Crippen LogP contribution in [0.2, 0.25) is 0 Å². The average Bonchev–Trinajstić information content (AvgIpc) is 2.29. The highest BCUT2D eigenvalue weighted by Gasteiger charge is 2.17. The fourth-order valence-corrected chi connectivity index (χ4v) is 2.04. The number of aromatic nitrogens is 2. The highest BCUT2D eigenvalue weighted by atomic mass is 15.2. The zero-order valence-electron chi connectivity index (χ0n) is 10.4. The van der Waals surface area contributed by atoms with E-state index in [-0.39, 0.29) is 0 Å². The van der Waals surface area contributed by atoms with Crippen molar-refractivity contribution >= 4 is 5.95 Å². The van der Waals surface area contributed by atoms with Crippen LogP contribution < -0.4 is 10.2 Å². The third kappa shape index (κ3) is 2.16. The predicted octanol–water partition coefficient (Wildman–Crippen LogP) is 1.14. The van der Waals surface area contributed by atoms with E-state index < -0.39 is 0 Å². The molecule has 4 heteroatoms. The minimum atomic E-state index is 0.851. The van der Waals surface area contributed by atoms with Crippen LogP contribution in [-0.4, -0.2) is 30.6 Å². The molecule has 0 aromatic carbocycles. The first-order valence-electron chi connectivity index (χ1n) is 5.99. The van der Waals surface area contributed by atoms with E-state index in [4.69, 9.17) is 0 Å². The van der Waals surface area contributed by atoms with Crippen molar-refractivity contribution in [1.82, 2.24) is 15.3 Å². The Bertz CT molecular complexity index is 374. The molecule has 0 atom stereocenters. The molecule has 0 amide bonds. The van der Waals surface area contributed by atoms with Gasteiger partial charge in [-0.1, -0.05) is 13.3 Å². The smallest absolute Gasteiger partial charge is 0.225 e. The Hall–Kier alpha value is -1.16. The third-order valence-corrected chi connectivity index (χ3v) is 2.89. The molecule has 0 fully saturated rings. The molecule has 2 rings (SSSR count). The SMILES string of the molecule is CCCc1nc(N(C)C)nc2c1CNCC2. The molecule has 0 saturated carbocycles. The second-order valence-corrected chi connectivity index (χ2v) is 4.47. The molecule has 88 valence electrons. The highest BCUT2D eigenvalue weighted by molar-refractivity contribution is 5.37. The lowest BCUT2D eigenvalue weighted by Crippen LogP contribution is -2.28. The van der Waals surface area contributed by atoms with Crippen molar-refractivity contribution in [3.05, 3.63) is 17.0 Å². The minimum absolute atomic E-state index is 0.851. The molecule has 1 N–H and O–H groups in total. The summed E-state index contributed by atoms with van der Waals surface area (Å²) in [6.45, 7) is 4.15. The van der Waals surface area contributed by atoms with E-state index in [1.807, 2.05) is 19.0 Å². The summed E-state index contributed by atoms with van der Waals surface area (Å²) in [5.41, 5.74) is 3.79. The summed E-state index contributed by atoms with van der Waals surface area (Å²) in [6, 6.07) is 0. The van der Waals surface area contributed by atoms with Crippen LogP contribution >= 0.6 is 0 Å². The van der Waals surface area contributed by atoms with Crippen LogP contribution in [0, 0.1) is 0 Å². The maximum atomic E-state index is 4.65. The van der Waals surface area contributed by atoms with Crippen LogP contribution in [0.4, 0.5) is 5.95 Å². The zero-order valence-corrected chi connectivity index (χ0v) is 10.4. The lowest BCUT2D eigenvalue weighted by atomic mass is 10.0. The van der Waals surface area contributed by atoms with Crippen molar-refractivity contribution in [3.63, 3.8) is 0 Å². The van der Waals surface area contributed by atoms with Gasteiger partial charge in [0.1, 0.15) is 0 Å². The van der Waals surface area contributed by atoms with Crippen LogP contribution in [0.25, 0.3) is 0 Å². The van der Waals surface area contributed by atoms with Crippen LogP contribution in [0.15, 0.2) is 0 Å². The summed E-state index contributed by atoms with van der Waals surface area (Å²) >= 11 is 0. The summed E-state index contributed by atoms with van der Waals surface area (Å²) in [5.74, 6) is 0.851. The fourth-order valence-electron chi connectivity index (χ4n) is 2.04. The van der Waals surface area contributed by atoms with Crippen LogP contribution in [-0.2, 0) is 19.4 Å². The molecule has 0 radical (unpaired) electrons. The van der Waals surface area contributed by atoms with E-state index in [1.165, 1.54) is 17.0 Å². The van der Waals surface area contributed by atoms with Crippen molar-refractivity contribution in [2.45, 2.75) is 32.7 Å². The van der Waals surface area contributed by atoms with Gasteiger partial charge in [-0.05, 0) is 6.42 Å². The third-order valence-electron chi connectivity index (χ3n) is 2.89. The normalized spacial score (nSPS) is 14.7. The lowest BCUT2D eigenvalue weighted by molar-refractivity contribution is 0.613. The molecule has 1 aromatic heterocycles. The van der Waals surface area contributed by atoms with Crippen molar-refractivity contribution < 1.29 is 0 Å². The van der Waals surface area contributed by atoms with Gasteiger partial charge in [-0.2, -0.15) is 0 Å². The van der Waals surface area contributed by atoms with Gasteiger partial charge in [-0.3, -0.25) is 0 Å². The lowest BCUT2D eigenvalue weighted by Gasteiger charge is -2.21. The first-order valence-corrected chi connectivity index (χ1v) is 5.99. The van der Waals surface area contributed by atoms with Crippen LogP contribution in [0.5, 0.6) is 0 Å². The van der Waals surface area contributed by atoms with Gasteiger partial charge in [0.05, 0.1) is 11.4 Å². The number of anilines is 1. The van der Waals surface area contributed by atoms with E-state index in [9.17, 15) is 0 Å². The topological polar surface area (TPSA) is 41.1 Å². The number of aryl methyl sites for hydroxylation is 1. The van der Waals surface area contributed by atoms with E-state index in [2.05, 4.69) is 22.2 Å². The van der Waals surface area contributed by atoms with E-state index >= 15 is 0 Å². The number of hydrogen-bond acceptors (Lipinski definition) is 4. The summed E-state index contributed by atoms with van der Waals surface area (Å²) in [5, 5.41) is 3.39. The molecular formula is C12H20N4. The molecule has 2 heterocycles. The molecule has 1 aromatic rings. The second-order valence-electron chi connectivity index (χ2n) is 4.47. The Morgan fingerprint density at radius 2 is 2.12 bits per heavy atom. The standard InChI is InChI=1S/C12H20N4/c1-4-5-10-9-8-13-7-6-11(9)15-12(14-10)16(2)3/h13H,4-8H2,1-3H3. The molecule has 0 saturated heterocycles. The van der Waals surface area contributed by atoms with Crippen molar-refractivity contribution in [2.24, 2.45) is 0 Å². The molecule has 0 aliphatic carbocycles. The molecule has 1 aliphatic heterocycles. The number of rotatable bonds is 3. The molecule has 16 heavy (non-hydrogen) atoms. The van der Waals surface area contributed by atoms with E-state index in [1.54, 1.807) is 0 Å². The van der Waals surface area contributed by atoms with Crippen LogP contribution in [0.3, 0.4) is 0 Å². The van der Waals surface area contributed by atoms with Gasteiger partial charge in [0.15, 0.2) is 0 Å². The van der Waals surface area contributed by atoms with Gasteiger partial charge in [0, 0.05) is 39.2 Å². The Morgan fingerprint density at radius 1 is 1.31 bits per heavy atom. The van der Waals surface area contributed by atoms with Gasteiger partial charge < -0.3 is 10.2 Å². The maximum Gasteiger partial charge on any atom is 0.225 e. The summed E-state index contributed by atoms with van der Waals surface area (Å²) in [7, 11) is 4.00. The second kappa shape index (κ2) is 4.78. The highest BCUT2D eigenvalue weighted by Crippen LogP contribution is 2.19. The molecule has 0 spiro atoms. The quantitative estimate of drug-likeness (QED) is 0.829. The first kappa shape index (κ1) is 11.3.